The molecule has 2 bridgehead atoms. The first-order valence-electron chi connectivity index (χ1n) is 4.02. The second-order valence-electron chi connectivity index (χ2n) is 3.59. The highest BCUT2D eigenvalue weighted by atomic mass is 16.4. The van der Waals surface area contributed by atoms with E-state index in [1.54, 1.807) is 0 Å². The number of rotatable bonds is 1. The average molecular weight is 172 g/mol. The van der Waals surface area contributed by atoms with Crippen LogP contribution in [0, 0.1) is 0 Å². The second kappa shape index (κ2) is 2.34. The third-order valence-corrected chi connectivity index (χ3v) is 2.80. The van der Waals surface area contributed by atoms with Crippen LogP contribution in [0.3, 0.4) is 0 Å². The van der Waals surface area contributed by atoms with Crippen molar-refractivity contribution in [2.75, 3.05) is 19.7 Å². The van der Waals surface area contributed by atoms with E-state index in [0.717, 1.165) is 6.42 Å². The minimum Gasteiger partial charge on any atom is -0.465 e. The van der Waals surface area contributed by atoms with Gasteiger partial charge in [0.2, 0.25) is 0 Å². The molecule has 2 rings (SSSR count). The maximum absolute atomic E-state index is 10.7. The Bertz CT molecular complexity index is 221. The van der Waals surface area contributed by atoms with Gasteiger partial charge in [-0.05, 0) is 6.42 Å². The van der Waals surface area contributed by atoms with Gasteiger partial charge < -0.3 is 20.4 Å². The highest BCUT2D eigenvalue weighted by molar-refractivity contribution is 5.66. The Morgan fingerprint density at radius 1 is 1.75 bits per heavy atom. The van der Waals surface area contributed by atoms with Gasteiger partial charge in [-0.2, -0.15) is 0 Å². The molecule has 0 spiro atoms. The lowest BCUT2D eigenvalue weighted by Gasteiger charge is -2.30. The number of nitrogens with one attached hydrogen (secondary N) is 1. The first kappa shape index (κ1) is 7.82. The second-order valence-corrected chi connectivity index (χ2v) is 3.59. The van der Waals surface area contributed by atoms with Crippen LogP contribution >= 0.6 is 0 Å². The van der Waals surface area contributed by atoms with Crippen LogP contribution in [-0.4, -0.2) is 52.5 Å². The number of hydrogen-bond acceptors (Lipinski definition) is 3. The Kier molecular flexibility index (Phi) is 1.52. The smallest absolute Gasteiger partial charge is 0.407 e. The minimum atomic E-state index is -0.878. The zero-order valence-corrected chi connectivity index (χ0v) is 6.66. The molecule has 1 amide bonds. The van der Waals surface area contributed by atoms with Crippen molar-refractivity contribution >= 4 is 6.09 Å². The number of piperazine rings is 1. The summed E-state index contributed by atoms with van der Waals surface area (Å²) in [4.78, 5) is 12.1. The number of carbonyl (C=O) groups is 1. The molecule has 3 N–H and O–H groups in total. The van der Waals surface area contributed by atoms with Gasteiger partial charge in [0.25, 0.3) is 0 Å². The molecule has 0 aliphatic carbocycles. The lowest BCUT2D eigenvalue weighted by molar-refractivity contribution is 0.113. The number of fused-ring (bicyclic) bond motifs is 2. The molecule has 68 valence electrons. The fraction of sp³-hybridized carbons (Fsp3) is 0.857. The third kappa shape index (κ3) is 0.899. The van der Waals surface area contributed by atoms with Crippen molar-refractivity contribution in [3.63, 3.8) is 0 Å². The van der Waals surface area contributed by atoms with Crippen LogP contribution in [0.15, 0.2) is 0 Å². The van der Waals surface area contributed by atoms with E-state index < -0.39 is 6.09 Å². The standard InChI is InChI=1S/C7H12N2O3/c10-4-7-1-5(2-8-7)9(3-7)6(11)12/h5,8,10H,1-4H2,(H,11,12)/t5-,7-/m0/s1. The van der Waals surface area contributed by atoms with Crippen molar-refractivity contribution in [3.8, 4) is 0 Å². The van der Waals surface area contributed by atoms with Crippen molar-refractivity contribution in [2.24, 2.45) is 0 Å². The number of amides is 1. The minimum absolute atomic E-state index is 0.0211. The maximum atomic E-state index is 10.7. The normalized spacial score (nSPS) is 39.1. The van der Waals surface area contributed by atoms with Gasteiger partial charge >= 0.3 is 6.09 Å². The predicted molar refractivity (Wildman–Crippen MR) is 41.0 cm³/mol. The molecule has 5 nitrogen and oxygen atoms in total. The molecule has 2 atom stereocenters. The molecule has 0 unspecified atom stereocenters. The monoisotopic (exact) mass is 172 g/mol. The Morgan fingerprint density at radius 3 is 2.92 bits per heavy atom. The summed E-state index contributed by atoms with van der Waals surface area (Å²) in [7, 11) is 0. The maximum Gasteiger partial charge on any atom is 0.407 e. The van der Waals surface area contributed by atoms with Crippen LogP contribution in [0.1, 0.15) is 6.42 Å². The fourth-order valence-electron chi connectivity index (χ4n) is 2.12. The summed E-state index contributed by atoms with van der Waals surface area (Å²) in [5.74, 6) is 0. The van der Waals surface area contributed by atoms with Crippen LogP contribution in [0.25, 0.3) is 0 Å². The average Bonchev–Trinajstić information content (AvgIpc) is 2.61. The molecule has 12 heavy (non-hydrogen) atoms. The summed E-state index contributed by atoms with van der Waals surface area (Å²) in [6.45, 7) is 1.11. The molecule has 0 aromatic carbocycles. The fourth-order valence-corrected chi connectivity index (χ4v) is 2.12. The van der Waals surface area contributed by atoms with Crippen LogP contribution < -0.4 is 5.32 Å². The van der Waals surface area contributed by atoms with Gasteiger partial charge in [-0.25, -0.2) is 4.79 Å². The lowest BCUT2D eigenvalue weighted by atomic mass is 10.0. The molecule has 2 aliphatic rings. The first-order chi connectivity index (χ1) is 5.67. The number of hydrogen-bond donors (Lipinski definition) is 3. The van der Waals surface area contributed by atoms with Crippen molar-refractivity contribution < 1.29 is 15.0 Å². The van der Waals surface area contributed by atoms with Crippen LogP contribution in [0.5, 0.6) is 0 Å². The SMILES string of the molecule is O=C(O)N1C[C@]2(CO)C[C@H]1CN2. The molecule has 2 heterocycles. The van der Waals surface area contributed by atoms with E-state index in [-0.39, 0.29) is 18.2 Å². The molecule has 0 radical (unpaired) electrons. The highest BCUT2D eigenvalue weighted by Gasteiger charge is 2.50. The third-order valence-electron chi connectivity index (χ3n) is 2.80. The zero-order valence-electron chi connectivity index (χ0n) is 6.66. The molecule has 0 aromatic heterocycles. The van der Waals surface area contributed by atoms with Crippen molar-refractivity contribution in [2.45, 2.75) is 18.0 Å². The lowest BCUT2D eigenvalue weighted by Crippen LogP contribution is -2.54. The highest BCUT2D eigenvalue weighted by Crippen LogP contribution is 2.31. The van der Waals surface area contributed by atoms with Crippen molar-refractivity contribution in [3.05, 3.63) is 0 Å². The Balaban J connectivity index is 2.14. The first-order valence-corrected chi connectivity index (χ1v) is 4.02. The number of carboxylic acid groups (broad SMARTS) is 1. The quantitative estimate of drug-likeness (QED) is 0.478. The predicted octanol–water partition coefficient (Wildman–Crippen LogP) is -0.927. The molecule has 0 saturated carbocycles. The van der Waals surface area contributed by atoms with Crippen molar-refractivity contribution in [1.82, 2.24) is 10.2 Å². The van der Waals surface area contributed by atoms with E-state index in [2.05, 4.69) is 5.32 Å². The van der Waals surface area contributed by atoms with Crippen LogP contribution in [0.4, 0.5) is 4.79 Å². The summed E-state index contributed by atoms with van der Waals surface area (Å²) < 4.78 is 0. The number of aliphatic hydroxyl groups excluding tert-OH is 1. The molecular weight excluding hydrogens is 160 g/mol. The van der Waals surface area contributed by atoms with Gasteiger partial charge in [-0.3, -0.25) is 0 Å². The van der Waals surface area contributed by atoms with Gasteiger partial charge in [0.05, 0.1) is 12.1 Å². The zero-order chi connectivity index (χ0) is 8.77. The van der Waals surface area contributed by atoms with Crippen LogP contribution in [0.2, 0.25) is 0 Å². The number of nitrogens with zero attached hydrogens (tertiary/aromatic N) is 1. The number of likely N-dealkylation sites (tertiary alicyclic amines) is 1. The molecule has 2 fully saturated rings. The van der Waals surface area contributed by atoms with Gasteiger partial charge in [0.1, 0.15) is 0 Å². The molecular formula is C7H12N2O3. The van der Waals surface area contributed by atoms with E-state index in [1.165, 1.54) is 4.90 Å². The molecule has 2 saturated heterocycles. The van der Waals surface area contributed by atoms with E-state index in [0.29, 0.717) is 13.1 Å². The van der Waals surface area contributed by atoms with Gasteiger partial charge in [0, 0.05) is 19.1 Å². The van der Waals surface area contributed by atoms with Gasteiger partial charge in [-0.1, -0.05) is 0 Å². The van der Waals surface area contributed by atoms with E-state index >= 15 is 0 Å². The summed E-state index contributed by atoms with van der Waals surface area (Å²) in [5, 5.41) is 21.0. The molecule has 0 aromatic rings. The van der Waals surface area contributed by atoms with Crippen molar-refractivity contribution in [1.29, 1.82) is 0 Å². The summed E-state index contributed by atoms with van der Waals surface area (Å²) in [6, 6.07) is 0.0645. The topological polar surface area (TPSA) is 72.8 Å². The van der Waals surface area contributed by atoms with Gasteiger partial charge in [-0.15, -0.1) is 0 Å². The van der Waals surface area contributed by atoms with E-state index in [4.69, 9.17) is 10.2 Å². The molecule has 5 heteroatoms. The van der Waals surface area contributed by atoms with Crippen LogP contribution in [-0.2, 0) is 0 Å². The van der Waals surface area contributed by atoms with E-state index in [9.17, 15) is 4.79 Å². The van der Waals surface area contributed by atoms with Gasteiger partial charge in [0.15, 0.2) is 0 Å². The number of aliphatic hydroxyl groups is 1. The Labute approximate surface area is 70.0 Å². The Hall–Kier alpha value is -0.810. The Morgan fingerprint density at radius 2 is 2.50 bits per heavy atom. The molecule has 2 aliphatic heterocycles. The van der Waals surface area contributed by atoms with E-state index in [1.807, 2.05) is 0 Å². The summed E-state index contributed by atoms with van der Waals surface area (Å²) >= 11 is 0. The largest absolute Gasteiger partial charge is 0.465 e. The summed E-state index contributed by atoms with van der Waals surface area (Å²) in [6.07, 6.45) is -0.132. The summed E-state index contributed by atoms with van der Waals surface area (Å²) in [5.41, 5.74) is -0.344.